The van der Waals surface area contributed by atoms with Crippen LogP contribution >= 0.6 is 0 Å². The molecule has 1 fully saturated rings. The van der Waals surface area contributed by atoms with Crippen LogP contribution in [0.3, 0.4) is 0 Å². The zero-order valence-electron chi connectivity index (χ0n) is 17.2. The lowest BCUT2D eigenvalue weighted by Crippen LogP contribution is -2.36. The fourth-order valence-corrected chi connectivity index (χ4v) is 4.24. The van der Waals surface area contributed by atoms with Crippen LogP contribution in [0, 0.1) is 5.92 Å². The molecule has 156 valence electrons. The number of rotatable bonds is 7. The maximum Gasteiger partial charge on any atom is 0.223 e. The largest absolute Gasteiger partial charge is 0.496 e. The number of carbonyl (C=O) groups excluding carboxylic acids is 1. The highest BCUT2D eigenvalue weighted by Gasteiger charge is 2.31. The van der Waals surface area contributed by atoms with E-state index in [0.717, 1.165) is 53.7 Å². The van der Waals surface area contributed by atoms with E-state index in [1.54, 1.807) is 13.4 Å². The standard InChI is InChI=1S/C23H26N4O3/c1-29-21-5-3-2-4-17(21)8-9-22(28)26-11-10-20-18(13-26)23(19-14-30-15-24-19)25-27(20)12-16-6-7-16/h2-5,14-16H,6-13H2,1H3. The summed E-state index contributed by atoms with van der Waals surface area (Å²) in [5, 5.41) is 4.86. The van der Waals surface area contributed by atoms with Crippen LogP contribution in [0.5, 0.6) is 5.75 Å². The maximum absolute atomic E-state index is 13.0. The van der Waals surface area contributed by atoms with Crippen molar-refractivity contribution in [2.24, 2.45) is 5.92 Å². The summed E-state index contributed by atoms with van der Waals surface area (Å²) in [5.74, 6) is 1.73. The summed E-state index contributed by atoms with van der Waals surface area (Å²) in [5.41, 5.74) is 5.01. The molecule has 0 bridgehead atoms. The summed E-state index contributed by atoms with van der Waals surface area (Å²) < 4.78 is 12.8. The number of aromatic nitrogens is 3. The fraction of sp³-hybridized carbons (Fsp3) is 0.435. The van der Waals surface area contributed by atoms with Gasteiger partial charge >= 0.3 is 0 Å². The second-order valence-electron chi connectivity index (χ2n) is 8.15. The van der Waals surface area contributed by atoms with Gasteiger partial charge in [0.05, 0.1) is 7.11 Å². The molecule has 0 spiro atoms. The van der Waals surface area contributed by atoms with E-state index in [9.17, 15) is 4.79 Å². The average Bonchev–Trinajstić information content (AvgIpc) is 3.29. The molecule has 1 saturated carbocycles. The van der Waals surface area contributed by atoms with Crippen molar-refractivity contribution in [3.8, 4) is 17.1 Å². The highest BCUT2D eigenvalue weighted by Crippen LogP contribution is 2.34. The van der Waals surface area contributed by atoms with Gasteiger partial charge in [-0.05, 0) is 36.8 Å². The number of aryl methyl sites for hydroxylation is 1. The van der Waals surface area contributed by atoms with Crippen LogP contribution in [-0.4, -0.2) is 39.2 Å². The van der Waals surface area contributed by atoms with Crippen molar-refractivity contribution < 1.29 is 13.9 Å². The monoisotopic (exact) mass is 406 g/mol. The second kappa shape index (κ2) is 7.97. The van der Waals surface area contributed by atoms with Crippen LogP contribution in [0.1, 0.15) is 36.1 Å². The number of nitrogens with zero attached hydrogens (tertiary/aromatic N) is 4. The Morgan fingerprint density at radius 3 is 2.93 bits per heavy atom. The Morgan fingerprint density at radius 2 is 2.17 bits per heavy atom. The molecular weight excluding hydrogens is 380 g/mol. The normalized spacial score (nSPS) is 15.8. The Morgan fingerprint density at radius 1 is 1.30 bits per heavy atom. The molecule has 2 aromatic heterocycles. The molecule has 0 unspecified atom stereocenters. The molecule has 0 N–H and O–H groups in total. The van der Waals surface area contributed by atoms with Gasteiger partial charge in [-0.25, -0.2) is 4.98 Å². The first-order chi connectivity index (χ1) is 14.7. The number of methoxy groups -OCH3 is 1. The first kappa shape index (κ1) is 18.9. The molecule has 0 radical (unpaired) electrons. The van der Waals surface area contributed by atoms with Crippen LogP contribution in [0.25, 0.3) is 11.4 Å². The Kier molecular flexibility index (Phi) is 5.02. The fourth-order valence-electron chi connectivity index (χ4n) is 4.24. The molecule has 1 aliphatic heterocycles. The Bertz CT molecular complexity index is 1040. The molecule has 7 nitrogen and oxygen atoms in total. The number of ether oxygens (including phenoxy) is 1. The van der Waals surface area contributed by atoms with Gasteiger partial charge in [0.15, 0.2) is 6.39 Å². The molecule has 3 aromatic rings. The number of amides is 1. The predicted molar refractivity (Wildman–Crippen MR) is 111 cm³/mol. The third-order valence-electron chi connectivity index (χ3n) is 6.09. The van der Waals surface area contributed by atoms with Gasteiger partial charge in [-0.15, -0.1) is 0 Å². The van der Waals surface area contributed by atoms with Crippen molar-refractivity contribution in [2.45, 2.75) is 45.2 Å². The predicted octanol–water partition coefficient (Wildman–Crippen LogP) is 3.47. The minimum absolute atomic E-state index is 0.160. The van der Waals surface area contributed by atoms with Gasteiger partial charge in [0, 0.05) is 43.7 Å². The van der Waals surface area contributed by atoms with Gasteiger partial charge in [0.2, 0.25) is 5.91 Å². The van der Waals surface area contributed by atoms with E-state index in [1.807, 2.05) is 29.2 Å². The quantitative estimate of drug-likeness (QED) is 0.601. The Labute approximate surface area is 175 Å². The van der Waals surface area contributed by atoms with Crippen LogP contribution in [-0.2, 0) is 30.7 Å². The topological polar surface area (TPSA) is 73.4 Å². The SMILES string of the molecule is COc1ccccc1CCC(=O)N1CCc2c(c(-c3cocn3)nn2CC2CC2)C1. The van der Waals surface area contributed by atoms with Gasteiger partial charge in [0.1, 0.15) is 23.4 Å². The van der Waals surface area contributed by atoms with Crippen LogP contribution in [0.4, 0.5) is 0 Å². The van der Waals surface area contributed by atoms with E-state index in [4.69, 9.17) is 14.3 Å². The summed E-state index contributed by atoms with van der Waals surface area (Å²) in [6.07, 6.45) is 7.58. The van der Waals surface area contributed by atoms with Crippen LogP contribution in [0.15, 0.2) is 41.3 Å². The van der Waals surface area contributed by atoms with Crippen molar-refractivity contribution in [1.29, 1.82) is 0 Å². The van der Waals surface area contributed by atoms with Gasteiger partial charge in [0.25, 0.3) is 0 Å². The minimum Gasteiger partial charge on any atom is -0.496 e. The molecule has 1 amide bonds. The van der Waals surface area contributed by atoms with E-state index in [1.165, 1.54) is 24.9 Å². The van der Waals surface area contributed by atoms with Crippen molar-refractivity contribution in [2.75, 3.05) is 13.7 Å². The van der Waals surface area contributed by atoms with E-state index < -0.39 is 0 Å². The lowest BCUT2D eigenvalue weighted by Gasteiger charge is -2.28. The van der Waals surface area contributed by atoms with Crippen molar-refractivity contribution >= 4 is 5.91 Å². The van der Waals surface area contributed by atoms with Gasteiger partial charge < -0.3 is 14.1 Å². The Balaban J connectivity index is 1.33. The molecule has 7 heteroatoms. The van der Waals surface area contributed by atoms with Gasteiger partial charge in [-0.2, -0.15) is 5.10 Å². The molecule has 30 heavy (non-hydrogen) atoms. The molecule has 0 saturated heterocycles. The molecule has 1 aromatic carbocycles. The van der Waals surface area contributed by atoms with Crippen LogP contribution < -0.4 is 4.74 Å². The molecular formula is C23H26N4O3. The number of para-hydroxylation sites is 1. The second-order valence-corrected chi connectivity index (χ2v) is 8.15. The number of carbonyl (C=O) groups is 1. The zero-order valence-corrected chi connectivity index (χ0v) is 17.2. The zero-order chi connectivity index (χ0) is 20.5. The van der Waals surface area contributed by atoms with Crippen LogP contribution in [0.2, 0.25) is 0 Å². The molecule has 0 atom stereocenters. The maximum atomic E-state index is 13.0. The number of hydrogen-bond donors (Lipinski definition) is 0. The van der Waals surface area contributed by atoms with Crippen molar-refractivity contribution in [3.63, 3.8) is 0 Å². The number of oxazole rings is 1. The van der Waals surface area contributed by atoms with Crippen molar-refractivity contribution in [3.05, 3.63) is 53.7 Å². The Hall–Kier alpha value is -3.09. The highest BCUT2D eigenvalue weighted by atomic mass is 16.5. The summed E-state index contributed by atoms with van der Waals surface area (Å²) in [6.45, 7) is 2.27. The number of fused-ring (bicyclic) bond motifs is 1. The van der Waals surface area contributed by atoms with E-state index in [0.29, 0.717) is 19.4 Å². The number of hydrogen-bond acceptors (Lipinski definition) is 5. The molecule has 1 aliphatic carbocycles. The average molecular weight is 406 g/mol. The first-order valence-electron chi connectivity index (χ1n) is 10.6. The third kappa shape index (κ3) is 3.72. The number of benzene rings is 1. The first-order valence-corrected chi connectivity index (χ1v) is 10.6. The van der Waals surface area contributed by atoms with Gasteiger partial charge in [-0.3, -0.25) is 9.48 Å². The summed E-state index contributed by atoms with van der Waals surface area (Å²) in [6, 6.07) is 7.88. The highest BCUT2D eigenvalue weighted by molar-refractivity contribution is 5.77. The molecule has 5 rings (SSSR count). The lowest BCUT2D eigenvalue weighted by atomic mass is 10.0. The van der Waals surface area contributed by atoms with E-state index in [-0.39, 0.29) is 5.91 Å². The lowest BCUT2D eigenvalue weighted by molar-refractivity contribution is -0.132. The van der Waals surface area contributed by atoms with Gasteiger partial charge in [-0.1, -0.05) is 18.2 Å². The van der Waals surface area contributed by atoms with E-state index in [2.05, 4.69) is 9.67 Å². The third-order valence-corrected chi connectivity index (χ3v) is 6.09. The molecule has 2 aliphatic rings. The van der Waals surface area contributed by atoms with Crippen molar-refractivity contribution in [1.82, 2.24) is 19.7 Å². The summed E-state index contributed by atoms with van der Waals surface area (Å²) in [4.78, 5) is 19.3. The molecule has 3 heterocycles. The minimum atomic E-state index is 0.160. The summed E-state index contributed by atoms with van der Waals surface area (Å²) in [7, 11) is 1.66. The smallest absolute Gasteiger partial charge is 0.223 e. The summed E-state index contributed by atoms with van der Waals surface area (Å²) >= 11 is 0. The van der Waals surface area contributed by atoms with E-state index >= 15 is 0 Å².